The number of aromatic nitrogens is 2. The molecule has 1 N–H and O–H groups in total. The van der Waals surface area contributed by atoms with Gasteiger partial charge in [-0.3, -0.25) is 19.7 Å². The van der Waals surface area contributed by atoms with E-state index in [1.807, 2.05) is 0 Å². The van der Waals surface area contributed by atoms with Gasteiger partial charge in [-0.15, -0.1) is 0 Å². The van der Waals surface area contributed by atoms with Crippen molar-refractivity contribution in [2.75, 3.05) is 20.3 Å². The first-order valence-electron chi connectivity index (χ1n) is 9.31. The van der Waals surface area contributed by atoms with Crippen LogP contribution in [0.25, 0.3) is 5.69 Å². The highest BCUT2D eigenvalue weighted by Gasteiger charge is 2.20. The number of benzene rings is 2. The van der Waals surface area contributed by atoms with Crippen molar-refractivity contribution in [2.24, 2.45) is 0 Å². The second-order valence-corrected chi connectivity index (χ2v) is 6.41. The fourth-order valence-electron chi connectivity index (χ4n) is 2.89. The molecular formula is C21H20N4O6. The van der Waals surface area contributed by atoms with E-state index in [0.717, 1.165) is 0 Å². The van der Waals surface area contributed by atoms with E-state index < -0.39 is 16.3 Å². The van der Waals surface area contributed by atoms with E-state index in [-0.39, 0.29) is 30.2 Å². The summed E-state index contributed by atoms with van der Waals surface area (Å²) in [4.78, 5) is 35.6. The molecule has 10 heteroatoms. The molecule has 10 nitrogen and oxygen atoms in total. The maximum Gasteiger partial charge on any atom is 0.294 e. The van der Waals surface area contributed by atoms with Crippen LogP contribution >= 0.6 is 0 Å². The lowest BCUT2D eigenvalue weighted by Crippen LogP contribution is -2.34. The number of para-hydroxylation sites is 4. The average molecular weight is 424 g/mol. The predicted molar refractivity (Wildman–Crippen MR) is 112 cm³/mol. The van der Waals surface area contributed by atoms with E-state index in [1.165, 1.54) is 36.1 Å². The van der Waals surface area contributed by atoms with Crippen LogP contribution in [0, 0.1) is 17.0 Å². The zero-order valence-corrected chi connectivity index (χ0v) is 16.9. The standard InChI is InChI=1S/C21H20N4O6/c1-14-13-17(26)20(23-24(14)15-7-3-4-8-16(15)25(28)29)21(27)22-11-12-31-19-10-6-5-9-18(19)30-2/h3-10,13H,11-12H2,1-2H3,(H,22,27). The molecule has 0 aliphatic carbocycles. The summed E-state index contributed by atoms with van der Waals surface area (Å²) in [6, 6.07) is 14.2. The quantitative estimate of drug-likeness (QED) is 0.334. The van der Waals surface area contributed by atoms with Crippen LogP contribution in [0.2, 0.25) is 0 Å². The van der Waals surface area contributed by atoms with Crippen molar-refractivity contribution in [3.8, 4) is 17.2 Å². The van der Waals surface area contributed by atoms with Crippen molar-refractivity contribution in [1.29, 1.82) is 0 Å². The number of nitrogens with one attached hydrogen (secondary N) is 1. The van der Waals surface area contributed by atoms with Gasteiger partial charge in [0.2, 0.25) is 5.43 Å². The lowest BCUT2D eigenvalue weighted by molar-refractivity contribution is -0.384. The fraction of sp³-hybridized carbons (Fsp3) is 0.190. The van der Waals surface area contributed by atoms with Gasteiger partial charge >= 0.3 is 0 Å². The summed E-state index contributed by atoms with van der Waals surface area (Å²) in [5.74, 6) is 0.369. The average Bonchev–Trinajstić information content (AvgIpc) is 2.77. The maximum absolute atomic E-state index is 12.5. The Hall–Kier alpha value is -4.21. The molecule has 3 rings (SSSR count). The fourth-order valence-corrected chi connectivity index (χ4v) is 2.89. The molecule has 0 saturated carbocycles. The molecule has 0 saturated heterocycles. The molecule has 160 valence electrons. The monoisotopic (exact) mass is 424 g/mol. The van der Waals surface area contributed by atoms with Crippen molar-refractivity contribution in [3.63, 3.8) is 0 Å². The summed E-state index contributed by atoms with van der Waals surface area (Å²) < 4.78 is 12.0. The highest BCUT2D eigenvalue weighted by molar-refractivity contribution is 5.92. The largest absolute Gasteiger partial charge is 0.493 e. The second kappa shape index (κ2) is 9.53. The zero-order valence-electron chi connectivity index (χ0n) is 16.9. The number of carbonyl (C=O) groups excluding carboxylic acids is 1. The molecule has 2 aromatic carbocycles. The van der Waals surface area contributed by atoms with Crippen LogP contribution in [0.5, 0.6) is 11.5 Å². The van der Waals surface area contributed by atoms with Crippen LogP contribution < -0.4 is 20.2 Å². The number of amides is 1. The van der Waals surface area contributed by atoms with E-state index >= 15 is 0 Å². The minimum atomic E-state index is -0.707. The van der Waals surface area contributed by atoms with Gasteiger partial charge in [0, 0.05) is 17.8 Å². The Morgan fingerprint density at radius 1 is 1.16 bits per heavy atom. The third-order valence-corrected chi connectivity index (χ3v) is 4.34. The molecule has 0 unspecified atom stereocenters. The van der Waals surface area contributed by atoms with Crippen LogP contribution in [-0.4, -0.2) is 40.9 Å². The topological polar surface area (TPSA) is 126 Å². The number of rotatable bonds is 8. The minimum Gasteiger partial charge on any atom is -0.493 e. The summed E-state index contributed by atoms with van der Waals surface area (Å²) >= 11 is 0. The van der Waals surface area contributed by atoms with Gasteiger partial charge in [0.1, 0.15) is 12.3 Å². The number of aryl methyl sites for hydroxylation is 1. The number of hydrogen-bond donors (Lipinski definition) is 1. The number of nitro groups is 1. The van der Waals surface area contributed by atoms with Crippen molar-refractivity contribution < 1.29 is 19.2 Å². The number of methoxy groups -OCH3 is 1. The predicted octanol–water partition coefficient (Wildman–Crippen LogP) is 2.27. The first-order chi connectivity index (χ1) is 14.9. The molecule has 0 radical (unpaired) electrons. The van der Waals surface area contributed by atoms with Crippen molar-refractivity contribution in [1.82, 2.24) is 15.1 Å². The van der Waals surface area contributed by atoms with Gasteiger partial charge in [-0.05, 0) is 25.1 Å². The third kappa shape index (κ3) is 4.86. The number of carbonyl (C=O) groups is 1. The molecule has 1 amide bonds. The van der Waals surface area contributed by atoms with E-state index in [9.17, 15) is 19.7 Å². The molecular weight excluding hydrogens is 404 g/mol. The van der Waals surface area contributed by atoms with Crippen molar-refractivity contribution in [3.05, 3.63) is 86.3 Å². The minimum absolute atomic E-state index is 0.108. The Kier molecular flexibility index (Phi) is 6.61. The Bertz CT molecular complexity index is 1170. The highest BCUT2D eigenvalue weighted by atomic mass is 16.6. The van der Waals surface area contributed by atoms with E-state index in [2.05, 4.69) is 10.4 Å². The van der Waals surface area contributed by atoms with Crippen molar-refractivity contribution in [2.45, 2.75) is 6.92 Å². The zero-order chi connectivity index (χ0) is 22.4. The van der Waals surface area contributed by atoms with Crippen LogP contribution in [-0.2, 0) is 0 Å². The Labute approximate surface area is 177 Å². The summed E-state index contributed by atoms with van der Waals surface area (Å²) in [6.07, 6.45) is 0. The van der Waals surface area contributed by atoms with E-state index in [4.69, 9.17) is 9.47 Å². The molecule has 0 atom stereocenters. The van der Waals surface area contributed by atoms with Gasteiger partial charge < -0.3 is 14.8 Å². The Morgan fingerprint density at radius 2 is 1.84 bits per heavy atom. The van der Waals surface area contributed by atoms with Gasteiger partial charge in [-0.25, -0.2) is 4.68 Å². The van der Waals surface area contributed by atoms with Gasteiger partial charge in [-0.2, -0.15) is 5.10 Å². The molecule has 1 heterocycles. The van der Waals surface area contributed by atoms with Gasteiger partial charge in [-0.1, -0.05) is 24.3 Å². The molecule has 0 fully saturated rings. The maximum atomic E-state index is 12.5. The summed E-state index contributed by atoms with van der Waals surface area (Å²) in [5, 5.41) is 18.0. The molecule has 31 heavy (non-hydrogen) atoms. The molecule has 1 aromatic heterocycles. The van der Waals surface area contributed by atoms with Gasteiger partial charge in [0.05, 0.1) is 18.6 Å². The summed E-state index contributed by atoms with van der Waals surface area (Å²) in [5.41, 5.74) is -0.649. The van der Waals surface area contributed by atoms with Crippen LogP contribution in [0.3, 0.4) is 0 Å². The van der Waals surface area contributed by atoms with Gasteiger partial charge in [0.25, 0.3) is 11.6 Å². The molecule has 0 aliphatic heterocycles. The normalized spacial score (nSPS) is 10.4. The molecule has 0 bridgehead atoms. The first kappa shape index (κ1) is 21.5. The van der Waals surface area contributed by atoms with Crippen molar-refractivity contribution >= 4 is 11.6 Å². The summed E-state index contributed by atoms with van der Waals surface area (Å²) in [6.45, 7) is 1.82. The van der Waals surface area contributed by atoms with Crippen LogP contribution in [0.15, 0.2) is 59.4 Å². The summed E-state index contributed by atoms with van der Waals surface area (Å²) in [7, 11) is 1.52. The lowest BCUT2D eigenvalue weighted by atomic mass is 10.2. The number of nitro benzene ring substituents is 1. The second-order valence-electron chi connectivity index (χ2n) is 6.41. The van der Waals surface area contributed by atoms with E-state index in [1.54, 1.807) is 37.3 Å². The molecule has 0 aliphatic rings. The van der Waals surface area contributed by atoms with Crippen LogP contribution in [0.1, 0.15) is 16.2 Å². The number of ether oxygens (including phenoxy) is 2. The van der Waals surface area contributed by atoms with E-state index in [0.29, 0.717) is 17.2 Å². The SMILES string of the molecule is COc1ccccc1OCCNC(=O)c1nn(-c2ccccc2[N+](=O)[O-])c(C)cc1=O. The first-order valence-corrected chi connectivity index (χ1v) is 9.31. The Morgan fingerprint density at radius 3 is 2.55 bits per heavy atom. The molecule has 0 spiro atoms. The van der Waals surface area contributed by atoms with Gasteiger partial charge in [0.15, 0.2) is 17.2 Å². The Balaban J connectivity index is 1.76. The lowest BCUT2D eigenvalue weighted by Gasteiger charge is -2.12. The number of nitrogens with zero attached hydrogens (tertiary/aromatic N) is 3. The number of hydrogen-bond acceptors (Lipinski definition) is 7. The third-order valence-electron chi connectivity index (χ3n) is 4.34. The van der Waals surface area contributed by atoms with Crippen LogP contribution in [0.4, 0.5) is 5.69 Å². The molecule has 3 aromatic rings. The highest BCUT2D eigenvalue weighted by Crippen LogP contribution is 2.25. The smallest absolute Gasteiger partial charge is 0.294 e.